The van der Waals surface area contributed by atoms with Crippen LogP contribution in [0.15, 0.2) is 50.5 Å². The first kappa shape index (κ1) is 14.8. The Morgan fingerprint density at radius 1 is 1.17 bits per heavy atom. The van der Waals surface area contributed by atoms with Gasteiger partial charge in [-0.3, -0.25) is 9.71 Å². The van der Waals surface area contributed by atoms with Gasteiger partial charge in [-0.25, -0.2) is 13.2 Å². The van der Waals surface area contributed by atoms with Gasteiger partial charge in [0.25, 0.3) is 10.0 Å². The molecule has 3 aromatic rings. The topological polar surface area (TPSA) is 101 Å². The Kier molecular flexibility index (Phi) is 3.34. The van der Waals surface area contributed by atoms with E-state index in [1.807, 2.05) is 6.07 Å². The zero-order chi connectivity index (χ0) is 16.7. The first-order valence-electron chi connectivity index (χ1n) is 7.43. The number of aromatic nitrogens is 1. The average Bonchev–Trinajstić information content (AvgIpc) is 2.94. The van der Waals surface area contributed by atoms with Crippen LogP contribution in [0.4, 0.5) is 5.69 Å². The maximum atomic E-state index is 12.6. The van der Waals surface area contributed by atoms with E-state index in [0.717, 1.165) is 18.4 Å². The van der Waals surface area contributed by atoms with E-state index in [1.54, 1.807) is 12.1 Å². The molecule has 0 radical (unpaired) electrons. The van der Waals surface area contributed by atoms with E-state index >= 15 is 0 Å². The van der Waals surface area contributed by atoms with Gasteiger partial charge < -0.3 is 9.15 Å². The van der Waals surface area contributed by atoms with Gasteiger partial charge >= 0.3 is 5.76 Å². The number of anilines is 1. The fourth-order valence-electron chi connectivity index (χ4n) is 2.77. The molecule has 1 aliphatic rings. The molecule has 0 fully saturated rings. The Morgan fingerprint density at radius 3 is 2.92 bits per heavy atom. The smallest absolute Gasteiger partial charge is 0.417 e. The molecule has 0 amide bonds. The van der Waals surface area contributed by atoms with Crippen LogP contribution in [0, 0.1) is 0 Å². The van der Waals surface area contributed by atoms with E-state index in [-0.39, 0.29) is 10.5 Å². The van der Waals surface area contributed by atoms with E-state index in [2.05, 4.69) is 9.71 Å². The van der Waals surface area contributed by atoms with Crippen molar-refractivity contribution in [2.24, 2.45) is 0 Å². The first-order valence-corrected chi connectivity index (χ1v) is 8.92. The third-order valence-corrected chi connectivity index (χ3v) is 5.24. The molecule has 0 bridgehead atoms. The van der Waals surface area contributed by atoms with Crippen LogP contribution in [0.3, 0.4) is 0 Å². The van der Waals surface area contributed by atoms with Gasteiger partial charge in [0.15, 0.2) is 5.58 Å². The number of fused-ring (bicyclic) bond motifs is 2. The predicted octanol–water partition coefficient (Wildman–Crippen LogP) is 2.25. The number of aromatic amines is 1. The lowest BCUT2D eigenvalue weighted by Gasteiger charge is -2.20. The monoisotopic (exact) mass is 346 g/mol. The molecule has 0 atom stereocenters. The molecule has 0 saturated carbocycles. The van der Waals surface area contributed by atoms with Crippen LogP contribution < -0.4 is 15.2 Å². The van der Waals surface area contributed by atoms with Crippen LogP contribution in [-0.2, 0) is 16.4 Å². The number of hydrogen-bond acceptors (Lipinski definition) is 5. The van der Waals surface area contributed by atoms with Crippen molar-refractivity contribution in [1.82, 2.24) is 4.98 Å². The van der Waals surface area contributed by atoms with Gasteiger partial charge in [-0.05, 0) is 36.6 Å². The highest BCUT2D eigenvalue weighted by atomic mass is 32.2. The highest BCUT2D eigenvalue weighted by Gasteiger charge is 2.21. The second kappa shape index (κ2) is 5.41. The van der Waals surface area contributed by atoms with E-state index in [0.29, 0.717) is 23.6 Å². The Hall–Kier alpha value is -2.74. The molecule has 7 nitrogen and oxygen atoms in total. The molecule has 0 unspecified atom stereocenters. The number of aryl methyl sites for hydroxylation is 1. The van der Waals surface area contributed by atoms with Gasteiger partial charge in [-0.1, -0.05) is 12.1 Å². The summed E-state index contributed by atoms with van der Waals surface area (Å²) in [5, 5.41) is 0. The number of sulfonamides is 1. The summed E-state index contributed by atoms with van der Waals surface area (Å²) in [5.74, 6) is -0.0559. The van der Waals surface area contributed by atoms with Gasteiger partial charge in [0, 0.05) is 6.07 Å². The first-order chi connectivity index (χ1) is 11.5. The molecule has 2 heterocycles. The lowest BCUT2D eigenvalue weighted by Crippen LogP contribution is -2.16. The molecule has 0 saturated heterocycles. The second-order valence-electron chi connectivity index (χ2n) is 5.52. The molecule has 0 aliphatic carbocycles. The summed E-state index contributed by atoms with van der Waals surface area (Å²) < 4.78 is 38.4. The minimum absolute atomic E-state index is 0.00571. The fraction of sp³-hybridized carbons (Fsp3) is 0.188. The van der Waals surface area contributed by atoms with Crippen molar-refractivity contribution < 1.29 is 17.6 Å². The van der Waals surface area contributed by atoms with Crippen LogP contribution in [-0.4, -0.2) is 20.0 Å². The summed E-state index contributed by atoms with van der Waals surface area (Å²) in [4.78, 5) is 13.7. The summed E-state index contributed by atoms with van der Waals surface area (Å²) in [5.41, 5.74) is 2.02. The maximum absolute atomic E-state index is 12.6. The Labute approximate surface area is 137 Å². The van der Waals surface area contributed by atoms with Crippen LogP contribution in [0.5, 0.6) is 5.75 Å². The lowest BCUT2D eigenvalue weighted by atomic mass is 10.1. The molecule has 0 spiro atoms. The number of para-hydroxylation sites is 1. The normalized spacial score (nSPS) is 14.2. The molecule has 1 aromatic heterocycles. The molecule has 1 aliphatic heterocycles. The lowest BCUT2D eigenvalue weighted by molar-refractivity contribution is 0.290. The molecule has 24 heavy (non-hydrogen) atoms. The molecular formula is C16H14N2O5S. The quantitative estimate of drug-likeness (QED) is 0.757. The number of ether oxygens (including phenoxy) is 1. The largest absolute Gasteiger partial charge is 0.491 e. The molecule has 4 rings (SSSR count). The van der Waals surface area contributed by atoms with Gasteiger partial charge in [0.1, 0.15) is 5.75 Å². The number of oxazole rings is 1. The van der Waals surface area contributed by atoms with Gasteiger partial charge in [-0.2, -0.15) is 0 Å². The summed E-state index contributed by atoms with van der Waals surface area (Å²) in [6.45, 7) is 0.562. The Balaban J connectivity index is 1.73. The molecule has 8 heteroatoms. The zero-order valence-electron chi connectivity index (χ0n) is 12.5. The zero-order valence-corrected chi connectivity index (χ0v) is 13.4. The Morgan fingerprint density at radius 2 is 2.04 bits per heavy atom. The maximum Gasteiger partial charge on any atom is 0.417 e. The van der Waals surface area contributed by atoms with E-state index in [1.165, 1.54) is 18.2 Å². The van der Waals surface area contributed by atoms with Crippen LogP contribution in [0.25, 0.3) is 11.1 Å². The van der Waals surface area contributed by atoms with Crippen molar-refractivity contribution in [1.29, 1.82) is 0 Å². The van der Waals surface area contributed by atoms with Crippen molar-refractivity contribution in [3.05, 3.63) is 52.5 Å². The summed E-state index contributed by atoms with van der Waals surface area (Å²) >= 11 is 0. The highest BCUT2D eigenvalue weighted by molar-refractivity contribution is 7.92. The number of nitrogens with one attached hydrogen (secondary N) is 2. The molecule has 2 N–H and O–H groups in total. The van der Waals surface area contributed by atoms with E-state index in [4.69, 9.17) is 9.15 Å². The average molecular weight is 346 g/mol. The molecule has 2 aromatic carbocycles. The summed E-state index contributed by atoms with van der Waals surface area (Å²) in [7, 11) is -3.83. The SMILES string of the molecule is O=c1[nH]c2ccc(S(=O)(=O)Nc3cccc4c3OCCC4)cc2o1. The van der Waals surface area contributed by atoms with Crippen LogP contribution >= 0.6 is 0 Å². The molecular weight excluding hydrogens is 332 g/mol. The minimum Gasteiger partial charge on any atom is -0.491 e. The minimum atomic E-state index is -3.83. The summed E-state index contributed by atoms with van der Waals surface area (Å²) in [6.07, 6.45) is 1.76. The number of rotatable bonds is 3. The van der Waals surface area contributed by atoms with Gasteiger partial charge in [0.2, 0.25) is 0 Å². The highest BCUT2D eigenvalue weighted by Crippen LogP contribution is 2.34. The fourth-order valence-corrected chi connectivity index (χ4v) is 3.84. The van der Waals surface area contributed by atoms with Gasteiger partial charge in [0.05, 0.1) is 22.7 Å². The van der Waals surface area contributed by atoms with Crippen LogP contribution in [0.2, 0.25) is 0 Å². The van der Waals surface area contributed by atoms with Crippen molar-refractivity contribution in [3.8, 4) is 5.75 Å². The predicted molar refractivity (Wildman–Crippen MR) is 87.9 cm³/mol. The van der Waals surface area contributed by atoms with Crippen molar-refractivity contribution in [2.75, 3.05) is 11.3 Å². The third-order valence-electron chi connectivity index (χ3n) is 3.88. The number of hydrogen-bond donors (Lipinski definition) is 2. The second-order valence-corrected chi connectivity index (χ2v) is 7.21. The third kappa shape index (κ3) is 2.54. The number of H-pyrrole nitrogens is 1. The number of benzene rings is 2. The van der Waals surface area contributed by atoms with Crippen molar-refractivity contribution in [2.45, 2.75) is 17.7 Å². The Bertz CT molecular complexity index is 1080. The van der Waals surface area contributed by atoms with E-state index in [9.17, 15) is 13.2 Å². The molecule has 124 valence electrons. The van der Waals surface area contributed by atoms with Crippen molar-refractivity contribution >= 4 is 26.8 Å². The summed E-state index contributed by atoms with van der Waals surface area (Å²) in [6, 6.07) is 9.59. The van der Waals surface area contributed by atoms with Crippen LogP contribution in [0.1, 0.15) is 12.0 Å². The van der Waals surface area contributed by atoms with E-state index < -0.39 is 15.8 Å². The standard InChI is InChI=1S/C16H14N2O5S/c19-16-17-12-7-6-11(9-14(12)23-16)24(20,21)18-13-5-1-3-10-4-2-8-22-15(10)13/h1,3,5-7,9,18H,2,4,8H2,(H,17,19). The van der Waals surface area contributed by atoms with Crippen molar-refractivity contribution in [3.63, 3.8) is 0 Å². The van der Waals surface area contributed by atoms with Gasteiger partial charge in [-0.15, -0.1) is 0 Å².